The lowest BCUT2D eigenvalue weighted by molar-refractivity contribution is -0.118. The van der Waals surface area contributed by atoms with Gasteiger partial charge in [-0.3, -0.25) is 9.48 Å². The van der Waals surface area contributed by atoms with E-state index in [-0.39, 0.29) is 0 Å². The highest BCUT2D eigenvalue weighted by Crippen LogP contribution is 2.15. The van der Waals surface area contributed by atoms with Crippen LogP contribution in [0.4, 0.5) is 0 Å². The van der Waals surface area contributed by atoms with Crippen LogP contribution in [0, 0.1) is 0 Å². The largest absolute Gasteiger partial charge is 0.299 e. The Labute approximate surface area is 117 Å². The van der Waals surface area contributed by atoms with Crippen molar-refractivity contribution in [1.82, 2.24) is 9.78 Å². The molecule has 0 spiro atoms. The second-order valence-corrected chi connectivity index (χ2v) is 5.28. The van der Waals surface area contributed by atoms with Crippen molar-refractivity contribution < 1.29 is 4.79 Å². The summed E-state index contributed by atoms with van der Waals surface area (Å²) in [6.45, 7) is 6.54. The fourth-order valence-corrected chi connectivity index (χ4v) is 2.38. The maximum absolute atomic E-state index is 11.8. The molecule has 3 heteroatoms. The average molecular weight is 264 g/mol. The second-order valence-electron chi connectivity index (χ2n) is 5.28. The summed E-state index contributed by atoms with van der Waals surface area (Å²) in [5.74, 6) is 0.325. The van der Waals surface area contributed by atoms with E-state index in [1.807, 2.05) is 16.9 Å². The first kappa shape index (κ1) is 15.9. The minimum Gasteiger partial charge on any atom is -0.299 e. The van der Waals surface area contributed by atoms with Gasteiger partial charge in [0.1, 0.15) is 5.78 Å². The summed E-state index contributed by atoms with van der Waals surface area (Å²) in [6.07, 6.45) is 10.0. The average Bonchev–Trinajstić information content (AvgIpc) is 2.84. The first-order valence-electron chi connectivity index (χ1n) is 7.76. The van der Waals surface area contributed by atoms with Crippen LogP contribution in [0.25, 0.3) is 0 Å². The number of ketones is 1. The molecule has 0 bridgehead atoms. The van der Waals surface area contributed by atoms with Crippen LogP contribution in [0.3, 0.4) is 0 Å². The van der Waals surface area contributed by atoms with Crippen LogP contribution < -0.4 is 0 Å². The summed E-state index contributed by atoms with van der Waals surface area (Å²) in [7, 11) is 0. The van der Waals surface area contributed by atoms with Crippen molar-refractivity contribution in [3.05, 3.63) is 18.0 Å². The van der Waals surface area contributed by atoms with Gasteiger partial charge in [0.25, 0.3) is 0 Å². The molecule has 19 heavy (non-hydrogen) atoms. The molecule has 1 heterocycles. The molecule has 0 N–H and O–H groups in total. The van der Waals surface area contributed by atoms with E-state index < -0.39 is 0 Å². The van der Waals surface area contributed by atoms with Crippen molar-refractivity contribution >= 4 is 5.78 Å². The summed E-state index contributed by atoms with van der Waals surface area (Å²) in [6, 6.07) is 2.45. The summed E-state index contributed by atoms with van der Waals surface area (Å²) >= 11 is 0. The molecule has 1 aromatic heterocycles. The minimum absolute atomic E-state index is 0.325. The van der Waals surface area contributed by atoms with Crippen molar-refractivity contribution in [2.75, 3.05) is 0 Å². The number of rotatable bonds is 10. The van der Waals surface area contributed by atoms with Crippen LogP contribution >= 0.6 is 0 Å². The summed E-state index contributed by atoms with van der Waals surface area (Å²) < 4.78 is 2.01. The van der Waals surface area contributed by atoms with E-state index in [4.69, 9.17) is 0 Å². The normalized spacial score (nSPS) is 11.2. The van der Waals surface area contributed by atoms with Gasteiger partial charge in [0, 0.05) is 12.6 Å². The molecule has 0 unspecified atom stereocenters. The SMILES string of the molecule is CCCCCCC(=O)Cc1ccn(C(CC)CC)n1. The van der Waals surface area contributed by atoms with Gasteiger partial charge in [-0.2, -0.15) is 5.10 Å². The molecule has 0 amide bonds. The van der Waals surface area contributed by atoms with Crippen molar-refractivity contribution in [2.24, 2.45) is 0 Å². The molecule has 0 aliphatic rings. The van der Waals surface area contributed by atoms with Crippen molar-refractivity contribution in [2.45, 2.75) is 78.2 Å². The van der Waals surface area contributed by atoms with Gasteiger partial charge in [-0.05, 0) is 25.3 Å². The highest BCUT2D eigenvalue weighted by Gasteiger charge is 2.10. The molecule has 1 rings (SSSR count). The van der Waals surface area contributed by atoms with Crippen molar-refractivity contribution in [3.8, 4) is 0 Å². The highest BCUT2D eigenvalue weighted by atomic mass is 16.1. The fraction of sp³-hybridized carbons (Fsp3) is 0.750. The zero-order valence-corrected chi connectivity index (χ0v) is 12.7. The number of nitrogens with zero attached hydrogens (tertiary/aromatic N) is 2. The predicted molar refractivity (Wildman–Crippen MR) is 79.3 cm³/mol. The van der Waals surface area contributed by atoms with Crippen LogP contribution in [0.5, 0.6) is 0 Å². The first-order chi connectivity index (χ1) is 9.21. The Morgan fingerprint density at radius 2 is 1.95 bits per heavy atom. The predicted octanol–water partition coefficient (Wildman–Crippen LogP) is 4.33. The number of carbonyl (C=O) groups is 1. The lowest BCUT2D eigenvalue weighted by atomic mass is 10.1. The molecule has 1 aromatic rings. The number of Topliss-reactive ketones (excluding diaryl/α,β-unsaturated/α-hetero) is 1. The van der Waals surface area contributed by atoms with Gasteiger partial charge >= 0.3 is 0 Å². The van der Waals surface area contributed by atoms with E-state index >= 15 is 0 Å². The monoisotopic (exact) mass is 264 g/mol. The Balaban J connectivity index is 2.38. The van der Waals surface area contributed by atoms with Crippen molar-refractivity contribution in [1.29, 1.82) is 0 Å². The molecular weight excluding hydrogens is 236 g/mol. The quantitative estimate of drug-likeness (QED) is 0.590. The van der Waals surface area contributed by atoms with E-state index in [2.05, 4.69) is 25.9 Å². The summed E-state index contributed by atoms with van der Waals surface area (Å²) in [4.78, 5) is 11.8. The Kier molecular flexibility index (Phi) is 7.46. The second kappa shape index (κ2) is 8.89. The van der Waals surface area contributed by atoms with Gasteiger partial charge in [0.15, 0.2) is 0 Å². The molecule has 0 saturated carbocycles. The molecule has 108 valence electrons. The lowest BCUT2D eigenvalue weighted by Crippen LogP contribution is -2.09. The van der Waals surface area contributed by atoms with Gasteiger partial charge in [0.2, 0.25) is 0 Å². The standard InChI is InChI=1S/C16H28N2O/c1-4-7-8-9-10-16(19)13-14-11-12-18(17-14)15(5-2)6-3/h11-12,15H,4-10,13H2,1-3H3. The van der Waals surface area contributed by atoms with E-state index in [0.29, 0.717) is 24.7 Å². The Hall–Kier alpha value is -1.12. The number of hydrogen-bond acceptors (Lipinski definition) is 2. The topological polar surface area (TPSA) is 34.9 Å². The van der Waals surface area contributed by atoms with Gasteiger partial charge in [-0.15, -0.1) is 0 Å². The third kappa shape index (κ3) is 5.58. The van der Waals surface area contributed by atoms with Gasteiger partial charge in [0.05, 0.1) is 18.2 Å². The van der Waals surface area contributed by atoms with Gasteiger partial charge in [-0.25, -0.2) is 0 Å². The Bertz CT molecular complexity index is 367. The molecule has 0 aliphatic carbocycles. The van der Waals surface area contributed by atoms with Crippen LogP contribution in [-0.4, -0.2) is 15.6 Å². The Morgan fingerprint density at radius 1 is 1.21 bits per heavy atom. The Morgan fingerprint density at radius 3 is 2.58 bits per heavy atom. The third-order valence-corrected chi connectivity index (χ3v) is 3.67. The molecule has 0 saturated heterocycles. The van der Waals surface area contributed by atoms with Crippen LogP contribution in [0.1, 0.15) is 77.5 Å². The molecule has 0 atom stereocenters. The summed E-state index contributed by atoms with van der Waals surface area (Å²) in [5.41, 5.74) is 0.924. The molecule has 0 aliphatic heterocycles. The summed E-state index contributed by atoms with van der Waals surface area (Å²) in [5, 5.41) is 4.53. The van der Waals surface area contributed by atoms with E-state index in [1.54, 1.807) is 0 Å². The smallest absolute Gasteiger partial charge is 0.138 e. The molecule has 0 fully saturated rings. The molecule has 0 aromatic carbocycles. The number of aromatic nitrogens is 2. The van der Waals surface area contributed by atoms with E-state index in [1.165, 1.54) is 19.3 Å². The van der Waals surface area contributed by atoms with Crippen LogP contribution in [0.15, 0.2) is 12.3 Å². The molecule has 3 nitrogen and oxygen atoms in total. The van der Waals surface area contributed by atoms with E-state index in [9.17, 15) is 4.79 Å². The van der Waals surface area contributed by atoms with Crippen molar-refractivity contribution in [3.63, 3.8) is 0 Å². The maximum Gasteiger partial charge on any atom is 0.138 e. The van der Waals surface area contributed by atoms with Gasteiger partial charge in [-0.1, -0.05) is 40.0 Å². The highest BCUT2D eigenvalue weighted by molar-refractivity contribution is 5.80. The van der Waals surface area contributed by atoms with Crippen LogP contribution in [-0.2, 0) is 11.2 Å². The van der Waals surface area contributed by atoms with Gasteiger partial charge < -0.3 is 0 Å². The minimum atomic E-state index is 0.325. The number of hydrogen-bond donors (Lipinski definition) is 0. The van der Waals surface area contributed by atoms with E-state index in [0.717, 1.165) is 25.0 Å². The first-order valence-corrected chi connectivity index (χ1v) is 7.76. The lowest BCUT2D eigenvalue weighted by Gasteiger charge is -2.12. The molecular formula is C16H28N2O. The third-order valence-electron chi connectivity index (χ3n) is 3.67. The zero-order chi connectivity index (χ0) is 14.1. The zero-order valence-electron chi connectivity index (χ0n) is 12.7. The van der Waals surface area contributed by atoms with Crippen LogP contribution in [0.2, 0.25) is 0 Å². The number of unbranched alkanes of at least 4 members (excludes halogenated alkanes) is 3. The maximum atomic E-state index is 11.8. The molecule has 0 radical (unpaired) electrons. The number of carbonyl (C=O) groups excluding carboxylic acids is 1. The fourth-order valence-electron chi connectivity index (χ4n) is 2.38.